The Hall–Kier alpha value is -1.51. The Bertz CT molecular complexity index is 533. The Balaban J connectivity index is 2.30. The smallest absolute Gasteiger partial charge is 0.269 e. The molecular formula is C9H9NO6S. The van der Waals surface area contributed by atoms with Crippen molar-refractivity contribution in [3.8, 4) is 0 Å². The molecule has 1 aromatic carbocycles. The lowest BCUT2D eigenvalue weighted by Crippen LogP contribution is -2.26. The van der Waals surface area contributed by atoms with E-state index in [2.05, 4.69) is 0 Å². The molecule has 0 bridgehead atoms. The van der Waals surface area contributed by atoms with E-state index in [0.29, 0.717) is 0 Å². The zero-order valence-electron chi connectivity index (χ0n) is 8.52. The first kappa shape index (κ1) is 12.0. The molecule has 0 radical (unpaired) electrons. The maximum atomic E-state index is 11.8. The number of aliphatic hydroxyl groups excluding tert-OH is 1. The van der Waals surface area contributed by atoms with E-state index >= 15 is 0 Å². The van der Waals surface area contributed by atoms with E-state index in [-0.39, 0.29) is 17.2 Å². The van der Waals surface area contributed by atoms with Crippen molar-refractivity contribution in [2.75, 3.05) is 6.61 Å². The van der Waals surface area contributed by atoms with E-state index < -0.39 is 26.3 Å². The van der Waals surface area contributed by atoms with Crippen LogP contribution in [0.2, 0.25) is 0 Å². The number of sulfone groups is 1. The van der Waals surface area contributed by atoms with Crippen molar-refractivity contribution in [3.05, 3.63) is 34.4 Å². The Morgan fingerprint density at radius 1 is 1.41 bits per heavy atom. The molecule has 1 unspecified atom stereocenters. The second-order valence-electron chi connectivity index (χ2n) is 3.56. The summed E-state index contributed by atoms with van der Waals surface area (Å²) in [6.07, 6.45) is -0.699. The third kappa shape index (κ3) is 2.28. The van der Waals surface area contributed by atoms with E-state index in [1.54, 1.807) is 0 Å². The number of nitrogens with zero attached hydrogens (tertiary/aromatic N) is 1. The Morgan fingerprint density at radius 2 is 1.94 bits per heavy atom. The molecule has 0 aromatic heterocycles. The van der Waals surface area contributed by atoms with Crippen molar-refractivity contribution < 1.29 is 23.2 Å². The predicted molar refractivity (Wildman–Crippen MR) is 56.0 cm³/mol. The maximum Gasteiger partial charge on any atom is 0.269 e. The van der Waals surface area contributed by atoms with Crippen LogP contribution in [-0.4, -0.2) is 36.6 Å². The molecule has 0 aliphatic carbocycles. The van der Waals surface area contributed by atoms with E-state index in [1.807, 2.05) is 0 Å². The lowest BCUT2D eigenvalue weighted by molar-refractivity contribution is -0.384. The van der Waals surface area contributed by atoms with Gasteiger partial charge in [0.2, 0.25) is 9.84 Å². The highest BCUT2D eigenvalue weighted by atomic mass is 32.2. The van der Waals surface area contributed by atoms with Crippen LogP contribution in [0.15, 0.2) is 29.2 Å². The lowest BCUT2D eigenvalue weighted by Gasteiger charge is -2.08. The van der Waals surface area contributed by atoms with Gasteiger partial charge in [0.1, 0.15) is 6.10 Å². The first-order chi connectivity index (χ1) is 7.93. The number of non-ortho nitro benzene ring substituents is 1. The minimum atomic E-state index is -3.91. The molecule has 0 spiro atoms. The highest BCUT2D eigenvalue weighted by Crippen LogP contribution is 2.25. The van der Waals surface area contributed by atoms with Crippen LogP contribution in [0.25, 0.3) is 0 Å². The Kier molecular flexibility index (Phi) is 2.86. The second kappa shape index (κ2) is 4.06. The Labute approximate surface area is 96.7 Å². The Morgan fingerprint density at radius 3 is 2.35 bits per heavy atom. The van der Waals surface area contributed by atoms with Crippen LogP contribution in [0, 0.1) is 10.1 Å². The van der Waals surface area contributed by atoms with Crippen LogP contribution < -0.4 is 0 Å². The topological polar surface area (TPSA) is 110 Å². The second-order valence-corrected chi connectivity index (χ2v) is 5.60. The van der Waals surface area contributed by atoms with Crippen molar-refractivity contribution in [2.45, 2.75) is 16.4 Å². The number of benzene rings is 1. The van der Waals surface area contributed by atoms with Crippen LogP contribution in [-0.2, 0) is 14.6 Å². The van der Waals surface area contributed by atoms with Crippen LogP contribution in [0.4, 0.5) is 5.69 Å². The number of ether oxygens (including phenoxy) is 1. The van der Waals surface area contributed by atoms with Gasteiger partial charge >= 0.3 is 0 Å². The van der Waals surface area contributed by atoms with Gasteiger partial charge in [0.15, 0.2) is 5.44 Å². The van der Waals surface area contributed by atoms with Gasteiger partial charge in [-0.2, -0.15) is 0 Å². The lowest BCUT2D eigenvalue weighted by atomic mass is 10.3. The number of hydrogen-bond donors (Lipinski definition) is 1. The summed E-state index contributed by atoms with van der Waals surface area (Å²) in [6.45, 7) is 0.202. The quantitative estimate of drug-likeness (QED) is 0.466. The van der Waals surface area contributed by atoms with Crippen LogP contribution in [0.1, 0.15) is 0 Å². The largest absolute Gasteiger partial charge is 0.375 e. The molecule has 1 aliphatic rings. The van der Waals surface area contributed by atoms with Gasteiger partial charge in [0.25, 0.3) is 5.69 Å². The van der Waals surface area contributed by atoms with Gasteiger partial charge in [-0.25, -0.2) is 8.42 Å². The van der Waals surface area contributed by atoms with Gasteiger partial charge in [-0.1, -0.05) is 0 Å². The molecule has 1 aromatic rings. The number of epoxide rings is 1. The molecule has 2 atom stereocenters. The molecule has 2 rings (SSSR count). The van der Waals surface area contributed by atoms with Crippen LogP contribution in [0.3, 0.4) is 0 Å². The van der Waals surface area contributed by atoms with Gasteiger partial charge < -0.3 is 9.84 Å². The van der Waals surface area contributed by atoms with Crippen molar-refractivity contribution in [2.24, 2.45) is 0 Å². The first-order valence-corrected chi connectivity index (χ1v) is 6.25. The monoisotopic (exact) mass is 259 g/mol. The zero-order valence-corrected chi connectivity index (χ0v) is 9.33. The van der Waals surface area contributed by atoms with Crippen molar-refractivity contribution in [1.82, 2.24) is 0 Å². The first-order valence-electron chi connectivity index (χ1n) is 4.71. The summed E-state index contributed by atoms with van der Waals surface area (Å²) in [6, 6.07) is 4.35. The summed E-state index contributed by atoms with van der Waals surface area (Å²) in [4.78, 5) is 9.61. The third-order valence-electron chi connectivity index (χ3n) is 2.37. The fourth-order valence-electron chi connectivity index (χ4n) is 1.32. The number of nitro benzene ring substituents is 1. The van der Waals surface area contributed by atoms with Gasteiger partial charge in [0, 0.05) is 12.1 Å². The van der Waals surface area contributed by atoms with Crippen molar-refractivity contribution in [1.29, 1.82) is 0 Å². The number of nitro groups is 1. The number of aliphatic hydroxyl groups is 1. The highest BCUT2D eigenvalue weighted by Gasteiger charge is 2.41. The fourth-order valence-corrected chi connectivity index (χ4v) is 2.67. The minimum absolute atomic E-state index is 0.161. The molecule has 0 amide bonds. The van der Waals surface area contributed by atoms with E-state index in [0.717, 1.165) is 24.3 Å². The van der Waals surface area contributed by atoms with Crippen molar-refractivity contribution in [3.63, 3.8) is 0 Å². The maximum absolute atomic E-state index is 11.8. The molecule has 7 nitrogen and oxygen atoms in total. The van der Waals surface area contributed by atoms with E-state index in [9.17, 15) is 23.6 Å². The number of hydrogen-bond acceptors (Lipinski definition) is 6. The van der Waals surface area contributed by atoms with Crippen LogP contribution in [0.5, 0.6) is 0 Å². The fraction of sp³-hybridized carbons (Fsp3) is 0.333. The average molecular weight is 259 g/mol. The molecule has 17 heavy (non-hydrogen) atoms. The highest BCUT2D eigenvalue weighted by molar-refractivity contribution is 7.92. The molecule has 1 N–H and O–H groups in total. The third-order valence-corrected chi connectivity index (χ3v) is 4.24. The molecule has 1 fully saturated rings. The molecule has 1 saturated heterocycles. The van der Waals surface area contributed by atoms with Crippen LogP contribution >= 0.6 is 0 Å². The van der Waals surface area contributed by atoms with Gasteiger partial charge in [-0.3, -0.25) is 10.1 Å². The van der Waals surface area contributed by atoms with Crippen molar-refractivity contribution >= 4 is 15.5 Å². The standard InChI is InChI=1S/C9H9NO6S/c11-9(8-5-16-8)17(14,15)7-3-1-6(2-4-7)10(12)13/h1-4,8-9,11H,5H2/t8?,9-/m1/s1. The SMILES string of the molecule is O=[N+]([O-])c1ccc(S(=O)(=O)[C@@H](O)C2CO2)cc1. The average Bonchev–Trinajstić information content (AvgIpc) is 3.12. The molecule has 1 heterocycles. The van der Waals surface area contributed by atoms with E-state index in [1.165, 1.54) is 0 Å². The summed E-state index contributed by atoms with van der Waals surface area (Å²) in [5, 5.41) is 19.9. The molecule has 92 valence electrons. The predicted octanol–water partition coefficient (Wildman–Crippen LogP) is 0.0857. The summed E-state index contributed by atoms with van der Waals surface area (Å²) in [5.41, 5.74) is -1.83. The van der Waals surface area contributed by atoms with E-state index in [4.69, 9.17) is 4.74 Å². The summed E-state index contributed by atoms with van der Waals surface area (Å²) in [7, 11) is -3.91. The summed E-state index contributed by atoms with van der Waals surface area (Å²) < 4.78 is 28.3. The van der Waals surface area contributed by atoms with Gasteiger partial charge in [0.05, 0.1) is 16.4 Å². The van der Waals surface area contributed by atoms with Gasteiger partial charge in [-0.05, 0) is 12.1 Å². The summed E-state index contributed by atoms with van der Waals surface area (Å²) >= 11 is 0. The minimum Gasteiger partial charge on any atom is -0.375 e. The zero-order chi connectivity index (χ0) is 12.6. The van der Waals surface area contributed by atoms with Gasteiger partial charge in [-0.15, -0.1) is 0 Å². The number of rotatable bonds is 4. The molecular weight excluding hydrogens is 250 g/mol. The summed E-state index contributed by atoms with van der Waals surface area (Å²) in [5.74, 6) is 0. The molecule has 8 heteroatoms. The molecule has 0 saturated carbocycles. The normalized spacial score (nSPS) is 20.9. The molecule has 1 aliphatic heterocycles.